The number of fused-ring (bicyclic) bond motifs is 1. The van der Waals surface area contributed by atoms with Gasteiger partial charge in [-0.05, 0) is 29.3 Å². The summed E-state index contributed by atoms with van der Waals surface area (Å²) in [6, 6.07) is 11.6. The highest BCUT2D eigenvalue weighted by molar-refractivity contribution is 5.86. The zero-order chi connectivity index (χ0) is 19.6. The first-order chi connectivity index (χ1) is 12.8. The number of pyridine rings is 1. The number of alkyl halides is 3. The van der Waals surface area contributed by atoms with Gasteiger partial charge in [0.05, 0.1) is 6.04 Å². The topological polar surface area (TPSA) is 53.4 Å². The molecule has 1 N–H and O–H groups in total. The zero-order valence-electron chi connectivity index (χ0n) is 14.4. The first-order valence-corrected chi connectivity index (χ1v) is 8.26. The number of amides is 1. The predicted octanol–water partition coefficient (Wildman–Crippen LogP) is 5.58. The average Bonchev–Trinajstić information content (AvgIpc) is 2.64. The van der Waals surface area contributed by atoms with Crippen molar-refractivity contribution in [2.24, 2.45) is 0 Å². The van der Waals surface area contributed by atoms with Crippen LogP contribution in [0.1, 0.15) is 30.1 Å². The first-order valence-electron chi connectivity index (χ1n) is 8.26. The summed E-state index contributed by atoms with van der Waals surface area (Å²) in [5.74, 6) is 0. The monoisotopic (exact) mass is 374 g/mol. The van der Waals surface area contributed by atoms with Crippen LogP contribution >= 0.6 is 0 Å². The minimum Gasteiger partial charge on any atom is -0.465 e. The Morgan fingerprint density at radius 1 is 1.07 bits per heavy atom. The van der Waals surface area contributed by atoms with E-state index in [0.29, 0.717) is 15.8 Å². The average molecular weight is 374 g/mol. The van der Waals surface area contributed by atoms with Crippen LogP contribution in [0.4, 0.5) is 18.0 Å². The molecule has 0 unspecified atom stereocenters. The van der Waals surface area contributed by atoms with Gasteiger partial charge in [-0.2, -0.15) is 13.2 Å². The molecule has 0 saturated heterocycles. The van der Waals surface area contributed by atoms with E-state index in [1.54, 1.807) is 24.3 Å². The van der Waals surface area contributed by atoms with Crippen molar-refractivity contribution in [3.8, 4) is 0 Å². The van der Waals surface area contributed by atoms with Gasteiger partial charge >= 0.3 is 12.3 Å². The fraction of sp³-hybridized carbons (Fsp3) is 0.200. The lowest BCUT2D eigenvalue weighted by atomic mass is 9.96. The van der Waals surface area contributed by atoms with E-state index in [2.05, 4.69) is 4.98 Å². The number of benzene rings is 2. The minimum absolute atomic E-state index is 0.223. The third-order valence-corrected chi connectivity index (χ3v) is 4.50. The Morgan fingerprint density at radius 3 is 2.41 bits per heavy atom. The molecule has 0 bridgehead atoms. The quantitative estimate of drug-likeness (QED) is 0.649. The maximum Gasteiger partial charge on any atom is 0.413 e. The number of carboxylic acid groups (broad SMARTS) is 1. The molecule has 4 nitrogen and oxygen atoms in total. The SMILES string of the molecule is C[C@H](c1cccc2ccccc12)N(C(=O)O)[C@@H](c1cccnc1)C(F)(F)F. The van der Waals surface area contributed by atoms with Gasteiger partial charge in [-0.1, -0.05) is 48.5 Å². The summed E-state index contributed by atoms with van der Waals surface area (Å²) in [4.78, 5) is 16.1. The molecule has 3 rings (SSSR count). The Balaban J connectivity index is 2.14. The van der Waals surface area contributed by atoms with Gasteiger partial charge in [0.1, 0.15) is 0 Å². The molecule has 1 aromatic heterocycles. The highest BCUT2D eigenvalue weighted by Crippen LogP contribution is 2.42. The van der Waals surface area contributed by atoms with Crippen LogP contribution in [0, 0.1) is 0 Å². The summed E-state index contributed by atoms with van der Waals surface area (Å²) >= 11 is 0. The van der Waals surface area contributed by atoms with Gasteiger partial charge in [0.2, 0.25) is 0 Å². The highest BCUT2D eigenvalue weighted by Gasteiger charge is 2.48. The molecule has 0 radical (unpaired) electrons. The van der Waals surface area contributed by atoms with Crippen LogP contribution < -0.4 is 0 Å². The van der Waals surface area contributed by atoms with Crippen molar-refractivity contribution < 1.29 is 23.1 Å². The molecule has 2 aromatic carbocycles. The summed E-state index contributed by atoms with van der Waals surface area (Å²) in [6.45, 7) is 1.46. The number of hydrogen-bond donors (Lipinski definition) is 1. The molecule has 0 spiro atoms. The largest absolute Gasteiger partial charge is 0.465 e. The smallest absolute Gasteiger partial charge is 0.413 e. The molecule has 1 heterocycles. The van der Waals surface area contributed by atoms with Gasteiger partial charge in [0.15, 0.2) is 6.04 Å². The first kappa shape index (κ1) is 18.7. The van der Waals surface area contributed by atoms with E-state index < -0.39 is 24.4 Å². The van der Waals surface area contributed by atoms with E-state index in [9.17, 15) is 23.1 Å². The van der Waals surface area contributed by atoms with E-state index in [1.165, 1.54) is 25.3 Å². The van der Waals surface area contributed by atoms with E-state index in [0.717, 1.165) is 11.6 Å². The number of halogens is 3. The van der Waals surface area contributed by atoms with Crippen LogP contribution in [0.25, 0.3) is 10.8 Å². The number of aromatic nitrogens is 1. The molecule has 3 aromatic rings. The Bertz CT molecular complexity index is 939. The Hall–Kier alpha value is -3.09. The third-order valence-electron chi connectivity index (χ3n) is 4.50. The van der Waals surface area contributed by atoms with E-state index in [4.69, 9.17) is 0 Å². The normalized spacial score (nSPS) is 13.9. The molecule has 0 aliphatic heterocycles. The second-order valence-electron chi connectivity index (χ2n) is 6.16. The standard InChI is InChI=1S/C20H17F3N2O2/c1-13(16-10-4-7-14-6-2-3-9-17(14)16)25(19(26)27)18(20(21,22)23)15-8-5-11-24-12-15/h2-13,18H,1H3,(H,26,27)/t13-,18+/m1/s1. The van der Waals surface area contributed by atoms with Crippen LogP contribution in [0.5, 0.6) is 0 Å². The molecule has 2 atom stereocenters. The number of carbonyl (C=O) groups is 1. The summed E-state index contributed by atoms with van der Waals surface area (Å²) in [6.07, 6.45) is -4.05. The summed E-state index contributed by atoms with van der Waals surface area (Å²) in [5, 5.41) is 11.2. The summed E-state index contributed by atoms with van der Waals surface area (Å²) < 4.78 is 41.6. The van der Waals surface area contributed by atoms with Gasteiger partial charge in [0, 0.05) is 18.0 Å². The lowest BCUT2D eigenvalue weighted by molar-refractivity contribution is -0.185. The number of nitrogens with zero attached hydrogens (tertiary/aromatic N) is 2. The second kappa shape index (κ2) is 7.26. The minimum atomic E-state index is -4.79. The van der Waals surface area contributed by atoms with Crippen LogP contribution in [0.2, 0.25) is 0 Å². The summed E-state index contributed by atoms with van der Waals surface area (Å²) in [5.41, 5.74) is 0.285. The lowest BCUT2D eigenvalue weighted by Gasteiger charge is -2.36. The van der Waals surface area contributed by atoms with E-state index >= 15 is 0 Å². The van der Waals surface area contributed by atoms with Crippen molar-refractivity contribution in [2.45, 2.75) is 25.2 Å². The lowest BCUT2D eigenvalue weighted by Crippen LogP contribution is -2.43. The molecule has 1 amide bonds. The predicted molar refractivity (Wildman–Crippen MR) is 95.3 cm³/mol. The fourth-order valence-corrected chi connectivity index (χ4v) is 3.31. The Labute approximate surface area is 153 Å². The zero-order valence-corrected chi connectivity index (χ0v) is 14.4. The molecule has 0 aliphatic rings. The van der Waals surface area contributed by atoms with E-state index in [1.807, 2.05) is 18.2 Å². The van der Waals surface area contributed by atoms with Crippen molar-refractivity contribution in [1.29, 1.82) is 0 Å². The van der Waals surface area contributed by atoms with Crippen LogP contribution in [0.3, 0.4) is 0 Å². The molecule has 140 valence electrons. The van der Waals surface area contributed by atoms with Crippen molar-refractivity contribution in [3.05, 3.63) is 78.1 Å². The van der Waals surface area contributed by atoms with Gasteiger partial charge in [-0.3, -0.25) is 9.88 Å². The van der Waals surface area contributed by atoms with Crippen molar-refractivity contribution >= 4 is 16.9 Å². The molecule has 0 saturated carbocycles. The third kappa shape index (κ3) is 3.72. The second-order valence-corrected chi connectivity index (χ2v) is 6.16. The maximum absolute atomic E-state index is 13.9. The van der Waals surface area contributed by atoms with Crippen LogP contribution in [-0.4, -0.2) is 27.3 Å². The van der Waals surface area contributed by atoms with Crippen LogP contribution in [-0.2, 0) is 0 Å². The molecular formula is C20H17F3N2O2. The van der Waals surface area contributed by atoms with Gasteiger partial charge in [-0.15, -0.1) is 0 Å². The maximum atomic E-state index is 13.9. The van der Waals surface area contributed by atoms with Crippen molar-refractivity contribution in [3.63, 3.8) is 0 Å². The fourth-order valence-electron chi connectivity index (χ4n) is 3.31. The number of hydrogen-bond acceptors (Lipinski definition) is 2. The highest BCUT2D eigenvalue weighted by atomic mass is 19.4. The van der Waals surface area contributed by atoms with Gasteiger partial charge in [-0.25, -0.2) is 4.79 Å². The number of rotatable bonds is 4. The van der Waals surface area contributed by atoms with Crippen molar-refractivity contribution in [2.75, 3.05) is 0 Å². The van der Waals surface area contributed by atoms with Crippen molar-refractivity contribution in [1.82, 2.24) is 9.88 Å². The van der Waals surface area contributed by atoms with E-state index in [-0.39, 0.29) is 5.56 Å². The Morgan fingerprint density at radius 2 is 1.78 bits per heavy atom. The van der Waals surface area contributed by atoms with Gasteiger partial charge in [0.25, 0.3) is 0 Å². The molecule has 27 heavy (non-hydrogen) atoms. The van der Waals surface area contributed by atoms with Crippen LogP contribution in [0.15, 0.2) is 67.0 Å². The molecule has 0 fully saturated rings. The molecule has 7 heteroatoms. The van der Waals surface area contributed by atoms with Gasteiger partial charge < -0.3 is 5.11 Å². The molecular weight excluding hydrogens is 357 g/mol. The summed E-state index contributed by atoms with van der Waals surface area (Å²) in [7, 11) is 0. The molecule has 0 aliphatic carbocycles. The Kier molecular flexibility index (Phi) is 5.03.